The van der Waals surface area contributed by atoms with E-state index in [2.05, 4.69) is 12.2 Å². The van der Waals surface area contributed by atoms with Crippen molar-refractivity contribution in [3.63, 3.8) is 0 Å². The van der Waals surface area contributed by atoms with E-state index >= 15 is 0 Å². The van der Waals surface area contributed by atoms with Crippen molar-refractivity contribution < 1.29 is 19.4 Å². The van der Waals surface area contributed by atoms with Gasteiger partial charge in [0, 0.05) is 6.04 Å². The maximum absolute atomic E-state index is 12.3. The minimum atomic E-state index is -0.958. The maximum atomic E-state index is 12.3. The van der Waals surface area contributed by atoms with Crippen LogP contribution < -0.4 is 5.32 Å². The number of aliphatic carboxylic acids is 1. The van der Waals surface area contributed by atoms with Crippen molar-refractivity contribution in [1.29, 1.82) is 0 Å². The van der Waals surface area contributed by atoms with E-state index in [9.17, 15) is 14.7 Å². The summed E-state index contributed by atoms with van der Waals surface area (Å²) < 4.78 is 5.51. The summed E-state index contributed by atoms with van der Waals surface area (Å²) in [6, 6.07) is 0.0756. The van der Waals surface area contributed by atoms with Crippen LogP contribution in [0.25, 0.3) is 0 Å². The second kappa shape index (κ2) is 6.39. The molecule has 0 aromatic carbocycles. The summed E-state index contributed by atoms with van der Waals surface area (Å²) >= 11 is 0. The van der Waals surface area contributed by atoms with E-state index in [0.29, 0.717) is 0 Å². The van der Waals surface area contributed by atoms with Gasteiger partial charge in [-0.15, -0.1) is 0 Å². The first-order valence-electron chi connectivity index (χ1n) is 7.41. The Morgan fingerprint density at radius 2 is 1.90 bits per heavy atom. The lowest BCUT2D eigenvalue weighted by Gasteiger charge is -2.23. The highest BCUT2D eigenvalue weighted by atomic mass is 16.5. The fraction of sp³-hybridized carbons (Fsp3) is 0.733. The quantitative estimate of drug-likeness (QED) is 0.550. The van der Waals surface area contributed by atoms with Gasteiger partial charge in [0.05, 0.1) is 18.1 Å². The smallest absolute Gasteiger partial charge is 0.310 e. The van der Waals surface area contributed by atoms with Gasteiger partial charge in [-0.1, -0.05) is 38.3 Å². The molecule has 0 aromatic rings. The standard InChI is InChI=1S/C15H23NO4/c1-3-4-5-6-9(2)16-14(17)12-10-7-8-11(20-10)13(12)15(18)19/h7-13H,3-6H2,1-2H3,(H,16,17)(H,18,19)/t9-,10+,11-,12+,13+/m1/s1. The second-order valence-electron chi connectivity index (χ2n) is 5.75. The summed E-state index contributed by atoms with van der Waals surface area (Å²) in [6.45, 7) is 4.10. The summed E-state index contributed by atoms with van der Waals surface area (Å²) in [7, 11) is 0. The fourth-order valence-electron chi connectivity index (χ4n) is 3.03. The van der Waals surface area contributed by atoms with Crippen molar-refractivity contribution in [2.45, 2.75) is 57.8 Å². The Hall–Kier alpha value is -1.36. The highest BCUT2D eigenvalue weighted by Crippen LogP contribution is 2.39. The number of amides is 1. The number of carboxylic acids is 1. The zero-order chi connectivity index (χ0) is 14.7. The van der Waals surface area contributed by atoms with Gasteiger partial charge in [-0.2, -0.15) is 0 Å². The molecule has 2 N–H and O–H groups in total. The number of unbranched alkanes of at least 4 members (excludes halogenated alkanes) is 2. The van der Waals surface area contributed by atoms with Gasteiger partial charge in [-0.05, 0) is 13.3 Å². The predicted octanol–water partition coefficient (Wildman–Crippen LogP) is 1.73. The topological polar surface area (TPSA) is 75.6 Å². The van der Waals surface area contributed by atoms with E-state index in [0.717, 1.165) is 25.7 Å². The van der Waals surface area contributed by atoms with Gasteiger partial charge in [-0.25, -0.2) is 0 Å². The molecule has 112 valence electrons. The third-order valence-corrected chi connectivity index (χ3v) is 4.12. The average Bonchev–Trinajstić information content (AvgIpc) is 2.98. The van der Waals surface area contributed by atoms with Gasteiger partial charge in [0.2, 0.25) is 5.91 Å². The summed E-state index contributed by atoms with van der Waals surface area (Å²) in [4.78, 5) is 23.6. The number of carbonyl (C=O) groups is 2. The van der Waals surface area contributed by atoms with Gasteiger partial charge in [-0.3, -0.25) is 9.59 Å². The van der Waals surface area contributed by atoms with Gasteiger partial charge < -0.3 is 15.2 Å². The Labute approximate surface area is 119 Å². The third-order valence-electron chi connectivity index (χ3n) is 4.12. The molecule has 2 heterocycles. The van der Waals surface area contributed by atoms with Crippen LogP contribution in [0.4, 0.5) is 0 Å². The summed E-state index contributed by atoms with van der Waals surface area (Å²) in [5, 5.41) is 12.2. The van der Waals surface area contributed by atoms with Gasteiger partial charge >= 0.3 is 5.97 Å². The fourth-order valence-corrected chi connectivity index (χ4v) is 3.03. The molecule has 5 heteroatoms. The molecule has 0 aromatic heterocycles. The minimum absolute atomic E-state index is 0.0756. The highest BCUT2D eigenvalue weighted by Gasteiger charge is 2.53. The van der Waals surface area contributed by atoms with Crippen LogP contribution in [-0.2, 0) is 14.3 Å². The molecule has 20 heavy (non-hydrogen) atoms. The molecule has 0 spiro atoms. The first kappa shape index (κ1) is 15.0. The lowest BCUT2D eigenvalue weighted by molar-refractivity contribution is -0.146. The van der Waals surface area contributed by atoms with E-state index in [1.54, 1.807) is 12.2 Å². The molecule has 1 amide bonds. The molecule has 2 aliphatic heterocycles. The van der Waals surface area contributed by atoms with Crippen LogP contribution in [0.15, 0.2) is 12.2 Å². The van der Waals surface area contributed by atoms with Gasteiger partial charge in [0.25, 0.3) is 0 Å². The number of ether oxygens (including phenoxy) is 1. The molecular weight excluding hydrogens is 258 g/mol. The first-order chi connectivity index (χ1) is 9.54. The molecular formula is C15H23NO4. The summed E-state index contributed by atoms with van der Waals surface area (Å²) in [5.41, 5.74) is 0. The SMILES string of the molecule is CCCCC[C@@H](C)NC(=O)[C@@H]1[C@@H](C(=O)O)[C@H]2C=C[C@@H]1O2. The number of hydrogen-bond acceptors (Lipinski definition) is 3. The normalized spacial score (nSPS) is 32.3. The van der Waals surface area contributed by atoms with E-state index in [1.165, 1.54) is 0 Å². The monoisotopic (exact) mass is 281 g/mol. The number of rotatable bonds is 7. The van der Waals surface area contributed by atoms with Crippen molar-refractivity contribution in [2.75, 3.05) is 0 Å². The van der Waals surface area contributed by atoms with E-state index < -0.39 is 23.9 Å². The maximum Gasteiger partial charge on any atom is 0.310 e. The molecule has 0 radical (unpaired) electrons. The first-order valence-corrected chi connectivity index (χ1v) is 7.41. The van der Waals surface area contributed by atoms with Crippen molar-refractivity contribution in [3.05, 3.63) is 12.2 Å². The van der Waals surface area contributed by atoms with Crippen LogP contribution in [0.1, 0.15) is 39.5 Å². The number of nitrogens with one attached hydrogen (secondary N) is 1. The van der Waals surface area contributed by atoms with Crippen molar-refractivity contribution >= 4 is 11.9 Å². The van der Waals surface area contributed by atoms with Crippen LogP contribution in [-0.4, -0.2) is 35.2 Å². The van der Waals surface area contributed by atoms with Crippen LogP contribution in [0.2, 0.25) is 0 Å². The van der Waals surface area contributed by atoms with E-state index in [-0.39, 0.29) is 18.1 Å². The molecule has 2 aliphatic rings. The Kier molecular flexibility index (Phi) is 4.81. The zero-order valence-corrected chi connectivity index (χ0v) is 12.0. The Balaban J connectivity index is 1.91. The number of hydrogen-bond donors (Lipinski definition) is 2. The molecule has 5 atom stereocenters. The third kappa shape index (κ3) is 3.03. The van der Waals surface area contributed by atoms with Crippen molar-refractivity contribution in [1.82, 2.24) is 5.32 Å². The number of carboxylic acid groups (broad SMARTS) is 1. The molecule has 1 saturated heterocycles. The van der Waals surface area contributed by atoms with Crippen LogP contribution >= 0.6 is 0 Å². The van der Waals surface area contributed by atoms with Gasteiger partial charge in [0.1, 0.15) is 5.92 Å². The van der Waals surface area contributed by atoms with Crippen molar-refractivity contribution in [2.24, 2.45) is 11.8 Å². The lowest BCUT2D eigenvalue weighted by Crippen LogP contribution is -2.45. The zero-order valence-electron chi connectivity index (χ0n) is 12.0. The van der Waals surface area contributed by atoms with Crippen LogP contribution in [0.3, 0.4) is 0 Å². The van der Waals surface area contributed by atoms with Gasteiger partial charge in [0.15, 0.2) is 0 Å². The average molecular weight is 281 g/mol. The Morgan fingerprint density at radius 3 is 2.50 bits per heavy atom. The van der Waals surface area contributed by atoms with Crippen LogP contribution in [0, 0.1) is 11.8 Å². The molecule has 5 nitrogen and oxygen atoms in total. The van der Waals surface area contributed by atoms with E-state index in [4.69, 9.17) is 4.74 Å². The molecule has 0 saturated carbocycles. The molecule has 1 fully saturated rings. The highest BCUT2D eigenvalue weighted by molar-refractivity contribution is 5.87. The molecule has 0 aliphatic carbocycles. The number of carbonyl (C=O) groups excluding carboxylic acids is 1. The number of fused-ring (bicyclic) bond motifs is 2. The molecule has 2 bridgehead atoms. The minimum Gasteiger partial charge on any atom is -0.481 e. The molecule has 0 unspecified atom stereocenters. The molecule has 2 rings (SSSR count). The Bertz CT molecular complexity index is 407. The largest absolute Gasteiger partial charge is 0.481 e. The summed E-state index contributed by atoms with van der Waals surface area (Å²) in [5.74, 6) is -2.51. The Morgan fingerprint density at radius 1 is 1.25 bits per heavy atom. The lowest BCUT2D eigenvalue weighted by atomic mass is 9.82. The van der Waals surface area contributed by atoms with E-state index in [1.807, 2.05) is 6.92 Å². The predicted molar refractivity (Wildman–Crippen MR) is 74.2 cm³/mol. The second-order valence-corrected chi connectivity index (χ2v) is 5.75. The summed E-state index contributed by atoms with van der Waals surface area (Å²) in [6.07, 6.45) is 7.01. The van der Waals surface area contributed by atoms with Crippen molar-refractivity contribution in [3.8, 4) is 0 Å². The van der Waals surface area contributed by atoms with Crippen LogP contribution in [0.5, 0.6) is 0 Å².